The van der Waals surface area contributed by atoms with E-state index in [2.05, 4.69) is 65.9 Å². The first-order valence-electron chi connectivity index (χ1n) is 7.92. The average molecular weight is 509 g/mol. The van der Waals surface area contributed by atoms with Crippen molar-refractivity contribution in [2.45, 2.75) is 27.3 Å². The average Bonchev–Trinajstić information content (AvgIpc) is 3.02. The van der Waals surface area contributed by atoms with Crippen LogP contribution in [0.25, 0.3) is 0 Å². The molecule has 0 aromatic carbocycles. The van der Waals surface area contributed by atoms with E-state index in [0.717, 1.165) is 38.4 Å². The zero-order valence-electron chi connectivity index (χ0n) is 14.4. The summed E-state index contributed by atoms with van der Waals surface area (Å²) in [4.78, 5) is 4.72. The number of likely N-dealkylation sites (N-methyl/N-ethyl adjacent to an activating group) is 1. The molecule has 5 nitrogen and oxygen atoms in total. The van der Waals surface area contributed by atoms with Crippen molar-refractivity contribution in [3.8, 4) is 0 Å². The Morgan fingerprint density at radius 3 is 2.05 bits per heavy atom. The van der Waals surface area contributed by atoms with Gasteiger partial charge in [0.05, 0.1) is 0 Å². The van der Waals surface area contributed by atoms with Gasteiger partial charge < -0.3 is 16.2 Å². The maximum atomic E-state index is 4.24. The van der Waals surface area contributed by atoms with Crippen molar-refractivity contribution >= 4 is 7.26 Å². The third-order valence-corrected chi connectivity index (χ3v) is 8.43. The Labute approximate surface area is 152 Å². The molecule has 22 heavy (non-hydrogen) atoms. The van der Waals surface area contributed by atoms with Gasteiger partial charge in [-0.05, 0) is 27.8 Å². The van der Waals surface area contributed by atoms with Crippen molar-refractivity contribution in [3.63, 3.8) is 0 Å². The summed E-state index contributed by atoms with van der Waals surface area (Å²) >= 11 is 0. The van der Waals surface area contributed by atoms with Crippen molar-refractivity contribution < 1.29 is 22.4 Å². The molecule has 0 unspecified atom stereocenters. The second-order valence-corrected chi connectivity index (χ2v) is 10.4. The van der Waals surface area contributed by atoms with Crippen LogP contribution in [0, 0.1) is 12.9 Å². The molecule has 1 radical (unpaired) electrons. The molecule has 1 aliphatic heterocycles. The minimum atomic E-state index is -0.662. The number of hydrogen-bond acceptors (Lipinski definition) is 4. The van der Waals surface area contributed by atoms with Gasteiger partial charge in [0.1, 0.15) is 0 Å². The van der Waals surface area contributed by atoms with E-state index in [-0.39, 0.29) is 22.4 Å². The normalized spacial score (nSPS) is 16.6. The molecule has 1 saturated heterocycles. The van der Waals surface area contributed by atoms with Gasteiger partial charge in [0, 0.05) is 73.6 Å². The van der Waals surface area contributed by atoms with E-state index in [1.165, 1.54) is 18.5 Å². The molecule has 0 aliphatic carbocycles. The standard InChI is InChI=1S/C8H14N5.C7H17P.Au/c1-12-2-4-13(5-3-12)7-8-6-9-11-10-8;1-5-8(4,6-2)7-3;/h2-5,7H2,1H3,(H,9,10,11);4-7H2,1-3H3;/q-1;;. The molecule has 1 aromatic rings. The minimum Gasteiger partial charge on any atom is -0.351 e. The molecule has 2 rings (SSSR count). The summed E-state index contributed by atoms with van der Waals surface area (Å²) in [7, 11) is 1.49. The summed E-state index contributed by atoms with van der Waals surface area (Å²) in [6.07, 6.45) is 6.78. The van der Waals surface area contributed by atoms with Crippen LogP contribution in [0.4, 0.5) is 0 Å². The van der Waals surface area contributed by atoms with Crippen molar-refractivity contribution in [2.24, 2.45) is 0 Å². The number of rotatable bonds is 5. The quantitative estimate of drug-likeness (QED) is 0.376. The predicted molar refractivity (Wildman–Crippen MR) is 91.9 cm³/mol. The van der Waals surface area contributed by atoms with Crippen LogP contribution in [0.15, 0.2) is 0 Å². The fourth-order valence-corrected chi connectivity index (χ4v) is 3.51. The largest absolute Gasteiger partial charge is 0.351 e. The molecular formula is C15H31AuN5P-. The van der Waals surface area contributed by atoms with Crippen molar-refractivity contribution in [3.05, 3.63) is 18.6 Å². The number of piperazine rings is 1. The van der Waals surface area contributed by atoms with Crippen LogP contribution in [0.5, 0.6) is 0 Å². The van der Waals surface area contributed by atoms with Gasteiger partial charge in [-0.3, -0.25) is 10.00 Å². The molecule has 0 bridgehead atoms. The van der Waals surface area contributed by atoms with Crippen LogP contribution < -0.4 is 0 Å². The van der Waals surface area contributed by atoms with Gasteiger partial charge in [-0.25, -0.2) is 0 Å². The molecule has 133 valence electrons. The van der Waals surface area contributed by atoms with Crippen LogP contribution in [0.2, 0.25) is 0 Å². The molecular weight excluding hydrogens is 478 g/mol. The van der Waals surface area contributed by atoms with Crippen LogP contribution in [0.3, 0.4) is 0 Å². The number of nitrogens with one attached hydrogen (secondary N) is 1. The smallest absolute Gasteiger partial charge is 0.0298 e. The Morgan fingerprint density at radius 2 is 1.68 bits per heavy atom. The maximum Gasteiger partial charge on any atom is 0.0298 e. The molecule has 1 fully saturated rings. The summed E-state index contributed by atoms with van der Waals surface area (Å²) in [5, 5.41) is 10.1. The fourth-order valence-electron chi connectivity index (χ4n) is 2.17. The summed E-state index contributed by atoms with van der Waals surface area (Å²) in [6.45, 7) is 16.4. The van der Waals surface area contributed by atoms with E-state index < -0.39 is 7.26 Å². The predicted octanol–water partition coefficient (Wildman–Crippen LogP) is 2.21. The third kappa shape index (κ3) is 8.19. The third-order valence-electron chi connectivity index (χ3n) is 4.41. The number of hydrogen-bond donors (Lipinski definition) is 1. The minimum absolute atomic E-state index is 0. The van der Waals surface area contributed by atoms with E-state index in [0.29, 0.717) is 0 Å². The Balaban J connectivity index is 0.000000432. The molecule has 2 heterocycles. The van der Waals surface area contributed by atoms with Gasteiger partial charge in [0.2, 0.25) is 0 Å². The number of nitrogens with zero attached hydrogens (tertiary/aromatic N) is 4. The van der Waals surface area contributed by atoms with Crippen LogP contribution >= 0.6 is 7.26 Å². The maximum absolute atomic E-state index is 4.24. The Kier molecular flexibility index (Phi) is 11.8. The Hall–Kier alpha value is 0.230. The molecule has 1 aliphatic rings. The van der Waals surface area contributed by atoms with Gasteiger partial charge in [-0.2, -0.15) is 6.66 Å². The Bertz CT molecular complexity index is 354. The summed E-state index contributed by atoms with van der Waals surface area (Å²) < 4.78 is 0. The zero-order valence-corrected chi connectivity index (χ0v) is 17.5. The van der Waals surface area contributed by atoms with Crippen LogP contribution in [0.1, 0.15) is 26.5 Å². The summed E-state index contributed by atoms with van der Waals surface area (Å²) in [5.41, 5.74) is 0.976. The molecule has 7 heteroatoms. The Morgan fingerprint density at radius 1 is 1.14 bits per heavy atom. The van der Waals surface area contributed by atoms with E-state index in [9.17, 15) is 0 Å². The SMILES string of the molecule is CN1CCN(Cc2[c-]nn[nH]2)CC1.[Au].[CH2-][P+](CC)(CC)CC. The molecule has 1 N–H and O–H groups in total. The number of aromatic nitrogens is 3. The van der Waals surface area contributed by atoms with Gasteiger partial charge in [-0.15, -0.1) is 18.2 Å². The van der Waals surface area contributed by atoms with Gasteiger partial charge in [0.25, 0.3) is 0 Å². The second-order valence-electron chi connectivity index (χ2n) is 5.77. The molecule has 0 saturated carbocycles. The first kappa shape index (κ1) is 22.2. The van der Waals surface area contributed by atoms with E-state index >= 15 is 0 Å². The first-order chi connectivity index (χ1) is 10.0. The van der Waals surface area contributed by atoms with E-state index in [4.69, 9.17) is 0 Å². The monoisotopic (exact) mass is 509 g/mol. The number of aromatic amines is 1. The molecule has 0 amide bonds. The van der Waals surface area contributed by atoms with Gasteiger partial charge in [0.15, 0.2) is 0 Å². The van der Waals surface area contributed by atoms with Crippen LogP contribution in [-0.4, -0.2) is 76.9 Å². The topological polar surface area (TPSA) is 48.1 Å². The molecule has 0 atom stereocenters. The first-order valence-corrected chi connectivity index (χ1v) is 10.4. The zero-order chi connectivity index (χ0) is 15.7. The van der Waals surface area contributed by atoms with Crippen molar-refractivity contribution in [1.82, 2.24) is 25.2 Å². The molecule has 0 spiro atoms. The number of H-pyrrole nitrogens is 1. The van der Waals surface area contributed by atoms with Crippen LogP contribution in [-0.2, 0) is 28.9 Å². The van der Waals surface area contributed by atoms with E-state index in [1.807, 2.05) is 0 Å². The second kappa shape index (κ2) is 11.7. The van der Waals surface area contributed by atoms with Crippen molar-refractivity contribution in [1.29, 1.82) is 0 Å². The van der Waals surface area contributed by atoms with Gasteiger partial charge in [-0.1, -0.05) is 0 Å². The fraction of sp³-hybridized carbons (Fsp3) is 0.800. The van der Waals surface area contributed by atoms with Gasteiger partial charge >= 0.3 is 0 Å². The van der Waals surface area contributed by atoms with E-state index in [1.54, 1.807) is 0 Å². The van der Waals surface area contributed by atoms with Crippen molar-refractivity contribution in [2.75, 3.05) is 51.7 Å². The summed E-state index contributed by atoms with van der Waals surface area (Å²) in [5.74, 6) is 0. The molecule has 1 aromatic heterocycles. The summed E-state index contributed by atoms with van der Waals surface area (Å²) in [6, 6.07) is 0.